The van der Waals surface area contributed by atoms with Crippen LogP contribution in [-0.4, -0.2) is 24.5 Å². The lowest BCUT2D eigenvalue weighted by molar-refractivity contribution is 0.571. The summed E-state index contributed by atoms with van der Waals surface area (Å²) in [7, 11) is 0. The highest BCUT2D eigenvalue weighted by Crippen LogP contribution is 2.17. The van der Waals surface area contributed by atoms with Crippen LogP contribution in [0.4, 0.5) is 0 Å². The van der Waals surface area contributed by atoms with Gasteiger partial charge in [0.15, 0.2) is 0 Å². The number of hydrogen-bond donors (Lipinski definition) is 1. The molecule has 0 amide bonds. The molecule has 1 aromatic carbocycles. The maximum absolute atomic E-state index is 4.77. The van der Waals surface area contributed by atoms with Gasteiger partial charge in [-0.15, -0.1) is 10.2 Å². The topological polar surface area (TPSA) is 60.6 Å². The Labute approximate surface area is 167 Å². The minimum atomic E-state index is 0.745. The van der Waals surface area contributed by atoms with E-state index in [-0.39, 0.29) is 0 Å². The molecule has 4 rings (SSSR count). The third kappa shape index (κ3) is 4.02. The van der Waals surface area contributed by atoms with Crippen LogP contribution in [0.15, 0.2) is 24.3 Å². The number of hydrogen-bond acceptors (Lipinski definition) is 4. The fraction of sp³-hybridized carbons (Fsp3) is 0.500. The maximum Gasteiger partial charge on any atom is 0.147 e. The number of nitrogens with zero attached hydrogens (tertiary/aromatic N) is 5. The Morgan fingerprint density at radius 2 is 1.79 bits per heavy atom. The molecule has 148 valence electrons. The largest absolute Gasteiger partial charge is 0.314 e. The molecule has 0 bridgehead atoms. The molecule has 1 aliphatic heterocycles. The van der Waals surface area contributed by atoms with Gasteiger partial charge in [-0.3, -0.25) is 4.68 Å². The molecule has 0 spiro atoms. The van der Waals surface area contributed by atoms with Crippen LogP contribution in [0.25, 0.3) is 0 Å². The molecule has 0 fully saturated rings. The molecule has 0 saturated carbocycles. The average molecular weight is 379 g/mol. The zero-order valence-corrected chi connectivity index (χ0v) is 17.2. The van der Waals surface area contributed by atoms with Crippen LogP contribution in [0.5, 0.6) is 0 Å². The van der Waals surface area contributed by atoms with Gasteiger partial charge in [-0.05, 0) is 39.2 Å². The number of rotatable bonds is 6. The predicted octanol–water partition coefficient (Wildman–Crippen LogP) is 3.46. The summed E-state index contributed by atoms with van der Waals surface area (Å²) in [5.74, 6) is 2.20. The fourth-order valence-corrected chi connectivity index (χ4v) is 3.99. The lowest BCUT2D eigenvalue weighted by Crippen LogP contribution is -2.18. The van der Waals surface area contributed by atoms with Crippen LogP contribution in [0.2, 0.25) is 0 Å². The molecule has 3 heterocycles. The van der Waals surface area contributed by atoms with Crippen molar-refractivity contribution in [2.45, 2.75) is 72.6 Å². The fourth-order valence-electron chi connectivity index (χ4n) is 3.99. The van der Waals surface area contributed by atoms with E-state index in [0.29, 0.717) is 0 Å². The minimum Gasteiger partial charge on any atom is -0.314 e. The molecule has 28 heavy (non-hydrogen) atoms. The summed E-state index contributed by atoms with van der Waals surface area (Å²) >= 11 is 0. The first-order valence-corrected chi connectivity index (χ1v) is 10.3. The summed E-state index contributed by atoms with van der Waals surface area (Å²) in [5.41, 5.74) is 6.17. The van der Waals surface area contributed by atoms with E-state index >= 15 is 0 Å². The van der Waals surface area contributed by atoms with Crippen LogP contribution >= 0.6 is 0 Å². The van der Waals surface area contributed by atoms with E-state index < -0.39 is 0 Å². The van der Waals surface area contributed by atoms with Crippen molar-refractivity contribution in [1.82, 2.24) is 29.9 Å². The lowest BCUT2D eigenvalue weighted by Gasteiger charge is -2.09. The second kappa shape index (κ2) is 8.27. The number of benzene rings is 1. The van der Waals surface area contributed by atoms with Gasteiger partial charge >= 0.3 is 0 Å². The summed E-state index contributed by atoms with van der Waals surface area (Å²) in [6, 6.07) is 8.68. The lowest BCUT2D eigenvalue weighted by atomic mass is 10.1. The molecule has 1 aliphatic rings. The smallest absolute Gasteiger partial charge is 0.147 e. The van der Waals surface area contributed by atoms with E-state index in [2.05, 4.69) is 69.8 Å². The van der Waals surface area contributed by atoms with Crippen molar-refractivity contribution in [2.24, 2.45) is 0 Å². The van der Waals surface area contributed by atoms with Crippen molar-refractivity contribution < 1.29 is 0 Å². The highest BCUT2D eigenvalue weighted by atomic mass is 15.3. The van der Waals surface area contributed by atoms with Gasteiger partial charge in [-0.25, -0.2) is 0 Å². The zero-order chi connectivity index (χ0) is 19.5. The molecule has 0 atom stereocenters. The highest BCUT2D eigenvalue weighted by molar-refractivity contribution is 5.27. The van der Waals surface area contributed by atoms with Crippen molar-refractivity contribution in [3.63, 3.8) is 0 Å². The van der Waals surface area contributed by atoms with E-state index in [0.717, 1.165) is 49.9 Å². The van der Waals surface area contributed by atoms with Gasteiger partial charge in [0.1, 0.15) is 11.6 Å². The van der Waals surface area contributed by atoms with E-state index in [1.54, 1.807) is 0 Å². The van der Waals surface area contributed by atoms with Gasteiger partial charge < -0.3 is 9.88 Å². The molecule has 2 aromatic heterocycles. The predicted molar refractivity (Wildman–Crippen MR) is 110 cm³/mol. The van der Waals surface area contributed by atoms with E-state index in [1.807, 2.05) is 0 Å². The number of nitrogens with one attached hydrogen (secondary N) is 1. The summed E-state index contributed by atoms with van der Waals surface area (Å²) in [5, 5.41) is 17.1. The zero-order valence-electron chi connectivity index (χ0n) is 17.2. The third-order valence-electron chi connectivity index (χ3n) is 5.76. The Kier molecular flexibility index (Phi) is 5.57. The van der Waals surface area contributed by atoms with Gasteiger partial charge in [0.05, 0.1) is 18.8 Å². The van der Waals surface area contributed by atoms with Crippen molar-refractivity contribution in [3.05, 3.63) is 64.0 Å². The average Bonchev–Trinajstić information content (AvgIpc) is 3.07. The first-order valence-electron chi connectivity index (χ1n) is 10.3. The first-order chi connectivity index (χ1) is 13.6. The monoisotopic (exact) mass is 378 g/mol. The molecule has 0 aliphatic carbocycles. The van der Waals surface area contributed by atoms with E-state index in [1.165, 1.54) is 41.6 Å². The molecule has 6 nitrogen and oxygen atoms in total. The number of aryl methyl sites for hydroxylation is 3. The number of aromatic nitrogens is 5. The van der Waals surface area contributed by atoms with Gasteiger partial charge in [-0.1, -0.05) is 36.2 Å². The Hall–Kier alpha value is -2.47. The molecule has 3 aromatic rings. The van der Waals surface area contributed by atoms with Crippen LogP contribution in [0.3, 0.4) is 0 Å². The second-order valence-electron chi connectivity index (χ2n) is 7.89. The van der Waals surface area contributed by atoms with Crippen molar-refractivity contribution in [1.29, 1.82) is 0 Å². The molecule has 6 heteroatoms. The molecule has 0 unspecified atom stereocenters. The van der Waals surface area contributed by atoms with Crippen LogP contribution in [0, 0.1) is 20.8 Å². The Balaban J connectivity index is 1.41. The molecular formula is C22H30N6. The quantitative estimate of drug-likeness (QED) is 0.714. The summed E-state index contributed by atoms with van der Waals surface area (Å²) < 4.78 is 4.42. The minimum absolute atomic E-state index is 0.745. The Morgan fingerprint density at radius 3 is 2.61 bits per heavy atom. The second-order valence-corrected chi connectivity index (χ2v) is 7.89. The summed E-state index contributed by atoms with van der Waals surface area (Å²) in [4.78, 5) is 0. The SMILES string of the molecule is Cc1ccc(Cn2nc(C)c(CNCc3nnc4n3CCCCC4)c2C)cc1. The van der Waals surface area contributed by atoms with Crippen LogP contribution < -0.4 is 5.32 Å². The van der Waals surface area contributed by atoms with Crippen LogP contribution in [-0.2, 0) is 32.6 Å². The van der Waals surface area contributed by atoms with Gasteiger partial charge in [0, 0.05) is 30.8 Å². The summed E-state index contributed by atoms with van der Waals surface area (Å²) in [6.45, 7) is 9.78. The van der Waals surface area contributed by atoms with E-state index in [4.69, 9.17) is 5.10 Å². The summed E-state index contributed by atoms with van der Waals surface area (Å²) in [6.07, 6.45) is 4.79. The van der Waals surface area contributed by atoms with Crippen molar-refractivity contribution >= 4 is 0 Å². The van der Waals surface area contributed by atoms with Gasteiger partial charge in [0.25, 0.3) is 0 Å². The highest BCUT2D eigenvalue weighted by Gasteiger charge is 2.15. The third-order valence-corrected chi connectivity index (χ3v) is 5.76. The first kappa shape index (κ1) is 18.9. The van der Waals surface area contributed by atoms with Crippen molar-refractivity contribution in [3.8, 4) is 0 Å². The molecular weight excluding hydrogens is 348 g/mol. The molecule has 1 N–H and O–H groups in total. The normalized spacial score (nSPS) is 14.1. The molecule has 0 radical (unpaired) electrons. The standard InChI is InChI=1S/C22H30N6/c1-16-8-10-19(11-9-16)15-28-18(3)20(17(2)26-28)13-23-14-22-25-24-21-7-5-4-6-12-27(21)22/h8-11,23H,4-7,12-15H2,1-3H3. The maximum atomic E-state index is 4.77. The van der Waals surface area contributed by atoms with Crippen molar-refractivity contribution in [2.75, 3.05) is 0 Å². The van der Waals surface area contributed by atoms with Crippen LogP contribution in [0.1, 0.15) is 59.0 Å². The Bertz CT molecular complexity index is 935. The Morgan fingerprint density at radius 1 is 0.964 bits per heavy atom. The van der Waals surface area contributed by atoms with Gasteiger partial charge in [-0.2, -0.15) is 5.10 Å². The van der Waals surface area contributed by atoms with Gasteiger partial charge in [0.2, 0.25) is 0 Å². The van der Waals surface area contributed by atoms with E-state index in [9.17, 15) is 0 Å². The number of fused-ring (bicyclic) bond motifs is 1. The molecule has 0 saturated heterocycles.